The van der Waals surface area contributed by atoms with Gasteiger partial charge in [-0.15, -0.1) is 11.3 Å². The van der Waals surface area contributed by atoms with E-state index in [9.17, 15) is 22.4 Å². The van der Waals surface area contributed by atoms with E-state index < -0.39 is 27.8 Å². The molecule has 0 saturated heterocycles. The molecule has 0 saturated carbocycles. The predicted octanol–water partition coefficient (Wildman–Crippen LogP) is 3.74. The maximum Gasteiger partial charge on any atom is 0.333 e. The van der Waals surface area contributed by atoms with Gasteiger partial charge in [0.2, 0.25) is 0 Å². The number of carbonyl (C=O) groups is 2. The fraction of sp³-hybridized carbons (Fsp3) is 0.143. The van der Waals surface area contributed by atoms with Gasteiger partial charge in [-0.05, 0) is 49.4 Å². The number of hydrogen-bond acceptors (Lipinski definition) is 7. The maximum atomic E-state index is 14.1. The molecule has 2 aromatic carbocycles. The van der Waals surface area contributed by atoms with Crippen LogP contribution in [0.25, 0.3) is 0 Å². The number of rotatable bonds is 5. The number of amides is 3. The first-order valence-corrected chi connectivity index (χ1v) is 11.9. The summed E-state index contributed by atoms with van der Waals surface area (Å²) in [6.07, 6.45) is 0. The van der Waals surface area contributed by atoms with Crippen LogP contribution in [0.2, 0.25) is 0 Å². The Labute approximate surface area is 193 Å². The number of sulfonamides is 1. The highest BCUT2D eigenvalue weighted by Crippen LogP contribution is 2.32. The van der Waals surface area contributed by atoms with E-state index in [1.165, 1.54) is 29.2 Å². The summed E-state index contributed by atoms with van der Waals surface area (Å²) in [7, 11) is -2.41. The van der Waals surface area contributed by atoms with E-state index in [4.69, 9.17) is 4.74 Å². The SMILES string of the molecule is CNc1cc2c(cc1F)C(=O)N(c1ccc(NC(=O)NS(=O)(=O)c3ccc(C)s3)cc1)CO2. The number of ether oxygens (including phenoxy) is 1. The van der Waals surface area contributed by atoms with E-state index in [0.717, 1.165) is 22.3 Å². The summed E-state index contributed by atoms with van der Waals surface area (Å²) in [6, 6.07) is 10.8. The Kier molecular flexibility index (Phi) is 5.95. The molecule has 0 radical (unpaired) electrons. The van der Waals surface area contributed by atoms with Crippen molar-refractivity contribution in [2.24, 2.45) is 0 Å². The molecule has 0 bridgehead atoms. The molecule has 2 heterocycles. The maximum absolute atomic E-state index is 14.1. The van der Waals surface area contributed by atoms with Gasteiger partial charge < -0.3 is 15.4 Å². The molecule has 12 heteroatoms. The zero-order chi connectivity index (χ0) is 23.8. The number of carbonyl (C=O) groups excluding carboxylic acids is 2. The third-order valence-corrected chi connectivity index (χ3v) is 7.63. The van der Waals surface area contributed by atoms with Crippen LogP contribution in [0, 0.1) is 12.7 Å². The first-order valence-electron chi connectivity index (χ1n) is 9.64. The van der Waals surface area contributed by atoms with E-state index in [1.54, 1.807) is 32.2 Å². The van der Waals surface area contributed by atoms with Gasteiger partial charge in [-0.25, -0.2) is 22.3 Å². The van der Waals surface area contributed by atoms with Gasteiger partial charge in [0.05, 0.1) is 11.3 Å². The molecular weight excluding hydrogens is 471 g/mol. The van der Waals surface area contributed by atoms with E-state index in [1.807, 2.05) is 4.72 Å². The van der Waals surface area contributed by atoms with Crippen LogP contribution in [0.5, 0.6) is 5.75 Å². The van der Waals surface area contributed by atoms with Crippen LogP contribution in [0.15, 0.2) is 52.7 Å². The van der Waals surface area contributed by atoms with E-state index in [-0.39, 0.29) is 27.9 Å². The smallest absolute Gasteiger partial charge is 0.333 e. The number of aryl methyl sites for hydroxylation is 1. The molecule has 0 aliphatic carbocycles. The van der Waals surface area contributed by atoms with Crippen molar-refractivity contribution in [1.29, 1.82) is 0 Å². The van der Waals surface area contributed by atoms with Crippen molar-refractivity contribution < 1.29 is 27.1 Å². The van der Waals surface area contributed by atoms with Crippen LogP contribution in [-0.4, -0.2) is 34.1 Å². The van der Waals surface area contributed by atoms with E-state index >= 15 is 0 Å². The minimum atomic E-state index is -3.98. The van der Waals surface area contributed by atoms with Gasteiger partial charge in [-0.3, -0.25) is 9.69 Å². The highest BCUT2D eigenvalue weighted by Gasteiger charge is 2.28. The Morgan fingerprint density at radius 1 is 1.15 bits per heavy atom. The normalized spacial score (nSPS) is 13.2. The Morgan fingerprint density at radius 2 is 1.88 bits per heavy atom. The lowest BCUT2D eigenvalue weighted by Gasteiger charge is -2.29. The summed E-state index contributed by atoms with van der Waals surface area (Å²) < 4.78 is 46.2. The molecule has 4 rings (SSSR count). The van der Waals surface area contributed by atoms with Crippen molar-refractivity contribution in [3.63, 3.8) is 0 Å². The van der Waals surface area contributed by atoms with Gasteiger partial charge in [0, 0.05) is 29.4 Å². The zero-order valence-corrected chi connectivity index (χ0v) is 19.1. The average Bonchev–Trinajstić information content (AvgIpc) is 3.22. The topological polar surface area (TPSA) is 117 Å². The summed E-state index contributed by atoms with van der Waals surface area (Å²) in [6.45, 7) is 1.69. The van der Waals surface area contributed by atoms with Crippen molar-refractivity contribution in [3.05, 3.63) is 64.8 Å². The largest absolute Gasteiger partial charge is 0.472 e. The Morgan fingerprint density at radius 3 is 2.52 bits per heavy atom. The number of benzene rings is 2. The number of thiophene rings is 1. The van der Waals surface area contributed by atoms with Crippen LogP contribution < -0.4 is 25.0 Å². The Bertz CT molecular complexity index is 1340. The van der Waals surface area contributed by atoms with Crippen molar-refractivity contribution in [3.8, 4) is 5.75 Å². The van der Waals surface area contributed by atoms with Gasteiger partial charge in [0.1, 0.15) is 15.8 Å². The molecule has 1 aromatic heterocycles. The highest BCUT2D eigenvalue weighted by atomic mass is 32.2. The van der Waals surface area contributed by atoms with Gasteiger partial charge in [-0.1, -0.05) is 0 Å². The van der Waals surface area contributed by atoms with Crippen molar-refractivity contribution >= 4 is 50.4 Å². The fourth-order valence-electron chi connectivity index (χ4n) is 3.17. The van der Waals surface area contributed by atoms with E-state index in [0.29, 0.717) is 11.4 Å². The third kappa shape index (κ3) is 4.61. The minimum Gasteiger partial charge on any atom is -0.472 e. The van der Waals surface area contributed by atoms with Crippen LogP contribution in [0.1, 0.15) is 15.2 Å². The summed E-state index contributed by atoms with van der Waals surface area (Å²) in [4.78, 5) is 27.1. The van der Waals surface area contributed by atoms with Gasteiger partial charge in [0.15, 0.2) is 6.73 Å². The molecule has 3 aromatic rings. The monoisotopic (exact) mass is 490 g/mol. The van der Waals surface area contributed by atoms with E-state index in [2.05, 4.69) is 10.6 Å². The van der Waals surface area contributed by atoms with Crippen molar-refractivity contribution in [2.75, 3.05) is 29.3 Å². The molecule has 1 aliphatic heterocycles. The zero-order valence-electron chi connectivity index (χ0n) is 17.5. The summed E-state index contributed by atoms with van der Waals surface area (Å²) >= 11 is 1.05. The number of hydrogen-bond donors (Lipinski definition) is 3. The number of nitrogens with zero attached hydrogens (tertiary/aromatic N) is 1. The number of halogens is 1. The first kappa shape index (κ1) is 22.6. The molecule has 3 N–H and O–H groups in total. The second-order valence-corrected chi connectivity index (χ2v) is 10.3. The van der Waals surface area contributed by atoms with Crippen LogP contribution in [-0.2, 0) is 10.0 Å². The highest BCUT2D eigenvalue weighted by molar-refractivity contribution is 7.92. The average molecular weight is 491 g/mol. The third-order valence-electron chi connectivity index (χ3n) is 4.81. The van der Waals surface area contributed by atoms with Crippen molar-refractivity contribution in [1.82, 2.24) is 4.72 Å². The molecular formula is C21H19FN4O5S2. The van der Waals surface area contributed by atoms with Gasteiger partial charge in [0.25, 0.3) is 15.9 Å². The molecule has 3 amide bonds. The number of urea groups is 1. The van der Waals surface area contributed by atoms with Crippen LogP contribution >= 0.6 is 11.3 Å². The van der Waals surface area contributed by atoms with Crippen LogP contribution in [0.3, 0.4) is 0 Å². The molecule has 172 valence electrons. The second kappa shape index (κ2) is 8.71. The molecule has 0 spiro atoms. The summed E-state index contributed by atoms with van der Waals surface area (Å²) in [5.41, 5.74) is 1.08. The molecule has 33 heavy (non-hydrogen) atoms. The second-order valence-electron chi connectivity index (χ2n) is 7.06. The van der Waals surface area contributed by atoms with Gasteiger partial charge >= 0.3 is 6.03 Å². The number of fused-ring (bicyclic) bond motifs is 1. The lowest BCUT2D eigenvalue weighted by molar-refractivity contribution is 0.0936. The number of nitrogens with one attached hydrogen (secondary N) is 3. The molecule has 0 fully saturated rings. The quantitative estimate of drug-likeness (QED) is 0.502. The lowest BCUT2D eigenvalue weighted by Crippen LogP contribution is -2.38. The molecule has 9 nitrogen and oxygen atoms in total. The molecule has 0 unspecified atom stereocenters. The first-order chi connectivity index (χ1) is 15.7. The standard InChI is InChI=1S/C21H19FN4O5S2/c1-12-3-8-19(32-12)33(29,30)25-21(28)24-13-4-6-14(7-5-13)26-11-31-18-10-17(23-2)16(22)9-15(18)20(26)27/h3-10,23H,11H2,1-2H3,(H2,24,25,28). The minimum absolute atomic E-state index is 0.0349. The predicted molar refractivity (Wildman–Crippen MR) is 123 cm³/mol. The summed E-state index contributed by atoms with van der Waals surface area (Å²) in [5, 5.41) is 5.13. The Hall–Kier alpha value is -3.64. The van der Waals surface area contributed by atoms with Gasteiger partial charge in [-0.2, -0.15) is 0 Å². The van der Waals surface area contributed by atoms with Crippen molar-refractivity contribution in [2.45, 2.75) is 11.1 Å². The fourth-order valence-corrected chi connectivity index (χ4v) is 5.36. The summed E-state index contributed by atoms with van der Waals surface area (Å²) in [5.74, 6) is -0.735. The molecule has 1 aliphatic rings. The Balaban J connectivity index is 1.45. The van der Waals surface area contributed by atoms with Crippen LogP contribution in [0.4, 0.5) is 26.2 Å². The lowest BCUT2D eigenvalue weighted by atomic mass is 10.1. The number of anilines is 3. The molecule has 0 atom stereocenters.